The Morgan fingerprint density at radius 3 is 2.61 bits per heavy atom. The molecule has 0 saturated heterocycles. The van der Waals surface area contributed by atoms with Crippen molar-refractivity contribution < 1.29 is 18.1 Å². The van der Waals surface area contributed by atoms with Gasteiger partial charge in [0, 0.05) is 18.9 Å². The third-order valence-electron chi connectivity index (χ3n) is 2.16. The van der Waals surface area contributed by atoms with Crippen LogP contribution in [0.1, 0.15) is 0 Å². The lowest BCUT2D eigenvalue weighted by molar-refractivity contribution is -0.386. The van der Waals surface area contributed by atoms with E-state index in [2.05, 4.69) is 5.32 Å². The largest absolute Gasteiger partial charge is 0.485 e. The van der Waals surface area contributed by atoms with E-state index in [1.54, 1.807) is 7.05 Å². The molecule has 0 aromatic heterocycles. The number of sulfone groups is 1. The van der Waals surface area contributed by atoms with E-state index in [1.807, 2.05) is 0 Å². The molecule has 100 valence electrons. The van der Waals surface area contributed by atoms with Gasteiger partial charge in [-0.25, -0.2) is 8.42 Å². The SMILES string of the molecule is CNCCOc1ccc(S(C)(=O)=O)cc1[N+](=O)[O-]. The fraction of sp³-hybridized carbons (Fsp3) is 0.400. The summed E-state index contributed by atoms with van der Waals surface area (Å²) in [5.41, 5.74) is -0.353. The molecule has 8 heteroatoms. The van der Waals surface area contributed by atoms with Crippen LogP contribution in [0.15, 0.2) is 23.1 Å². The van der Waals surface area contributed by atoms with Crippen molar-refractivity contribution in [2.24, 2.45) is 0 Å². The zero-order valence-electron chi connectivity index (χ0n) is 10.0. The van der Waals surface area contributed by atoms with Crippen LogP contribution in [0, 0.1) is 10.1 Å². The highest BCUT2D eigenvalue weighted by Crippen LogP contribution is 2.29. The van der Waals surface area contributed by atoms with Gasteiger partial charge < -0.3 is 10.1 Å². The van der Waals surface area contributed by atoms with Crippen LogP contribution >= 0.6 is 0 Å². The van der Waals surface area contributed by atoms with Gasteiger partial charge in [-0.2, -0.15) is 0 Å². The number of nitrogens with zero attached hydrogens (tertiary/aromatic N) is 1. The van der Waals surface area contributed by atoms with Crippen LogP contribution in [0.3, 0.4) is 0 Å². The average Bonchev–Trinajstić information content (AvgIpc) is 2.28. The Hall–Kier alpha value is -1.67. The molecule has 0 saturated carbocycles. The zero-order valence-corrected chi connectivity index (χ0v) is 10.9. The molecular formula is C10H14N2O5S. The maximum Gasteiger partial charge on any atom is 0.312 e. The van der Waals surface area contributed by atoms with Gasteiger partial charge in [0.25, 0.3) is 0 Å². The van der Waals surface area contributed by atoms with Crippen molar-refractivity contribution in [1.29, 1.82) is 0 Å². The summed E-state index contributed by atoms with van der Waals surface area (Å²) in [6.07, 6.45) is 0.994. The number of nitrogens with one attached hydrogen (secondary N) is 1. The van der Waals surface area contributed by atoms with Crippen LogP contribution in [0.5, 0.6) is 5.75 Å². The van der Waals surface area contributed by atoms with E-state index in [0.29, 0.717) is 6.54 Å². The number of nitro benzene ring substituents is 1. The van der Waals surface area contributed by atoms with E-state index in [-0.39, 0.29) is 22.9 Å². The normalized spacial score (nSPS) is 11.2. The minimum atomic E-state index is -3.47. The first-order valence-corrected chi connectivity index (χ1v) is 7.01. The zero-order chi connectivity index (χ0) is 13.8. The summed E-state index contributed by atoms with van der Waals surface area (Å²) >= 11 is 0. The lowest BCUT2D eigenvalue weighted by Crippen LogP contribution is -2.16. The molecule has 0 aliphatic carbocycles. The predicted molar refractivity (Wildman–Crippen MR) is 65.6 cm³/mol. The van der Waals surface area contributed by atoms with Gasteiger partial charge >= 0.3 is 5.69 Å². The molecule has 0 atom stereocenters. The molecule has 0 bridgehead atoms. The number of benzene rings is 1. The molecule has 1 aromatic rings. The third kappa shape index (κ3) is 3.67. The van der Waals surface area contributed by atoms with Crippen LogP contribution in [0.2, 0.25) is 0 Å². The molecule has 0 fully saturated rings. The van der Waals surface area contributed by atoms with Crippen molar-refractivity contribution >= 4 is 15.5 Å². The standard InChI is InChI=1S/C10H14N2O5S/c1-11-5-6-17-10-4-3-8(18(2,15)16)7-9(10)12(13)14/h3-4,7,11H,5-6H2,1-2H3. The lowest BCUT2D eigenvalue weighted by Gasteiger charge is -2.07. The molecule has 1 rings (SSSR count). The maximum atomic E-state index is 11.3. The monoisotopic (exact) mass is 274 g/mol. The van der Waals surface area contributed by atoms with Crippen molar-refractivity contribution in [2.75, 3.05) is 26.5 Å². The number of nitro groups is 1. The summed E-state index contributed by atoms with van der Waals surface area (Å²) in [6, 6.07) is 3.59. The van der Waals surface area contributed by atoms with Gasteiger partial charge in [-0.3, -0.25) is 10.1 Å². The van der Waals surface area contributed by atoms with E-state index in [4.69, 9.17) is 4.74 Å². The Balaban J connectivity index is 3.09. The highest BCUT2D eigenvalue weighted by Gasteiger charge is 2.19. The Morgan fingerprint density at radius 2 is 2.11 bits per heavy atom. The number of likely N-dealkylation sites (N-methyl/N-ethyl adjacent to an activating group) is 1. The van der Waals surface area contributed by atoms with Gasteiger partial charge in [0.15, 0.2) is 15.6 Å². The Kier molecular flexibility index (Phi) is 4.62. The first-order chi connectivity index (χ1) is 8.36. The van der Waals surface area contributed by atoms with E-state index in [0.717, 1.165) is 12.3 Å². The van der Waals surface area contributed by atoms with E-state index in [1.165, 1.54) is 12.1 Å². The van der Waals surface area contributed by atoms with Gasteiger partial charge in [0.1, 0.15) is 6.61 Å². The smallest absolute Gasteiger partial charge is 0.312 e. The molecule has 0 spiro atoms. The minimum Gasteiger partial charge on any atom is -0.485 e. The van der Waals surface area contributed by atoms with E-state index < -0.39 is 14.8 Å². The van der Waals surface area contributed by atoms with E-state index >= 15 is 0 Å². The number of hydrogen-bond acceptors (Lipinski definition) is 6. The molecular weight excluding hydrogens is 260 g/mol. The van der Waals surface area contributed by atoms with Gasteiger partial charge in [-0.15, -0.1) is 0 Å². The second kappa shape index (κ2) is 5.78. The van der Waals surface area contributed by atoms with Crippen LogP contribution in [0.25, 0.3) is 0 Å². The maximum absolute atomic E-state index is 11.3. The molecule has 7 nitrogen and oxygen atoms in total. The predicted octanol–water partition coefficient (Wildman–Crippen LogP) is 0.597. The topological polar surface area (TPSA) is 98.5 Å². The molecule has 0 radical (unpaired) electrons. The fourth-order valence-corrected chi connectivity index (χ4v) is 1.90. The molecule has 1 aromatic carbocycles. The first-order valence-electron chi connectivity index (χ1n) is 5.12. The highest BCUT2D eigenvalue weighted by molar-refractivity contribution is 7.90. The summed E-state index contributed by atoms with van der Waals surface area (Å²) in [6.45, 7) is 0.792. The summed E-state index contributed by atoms with van der Waals surface area (Å²) in [5.74, 6) is 0.0580. The highest BCUT2D eigenvalue weighted by atomic mass is 32.2. The number of hydrogen-bond donors (Lipinski definition) is 1. The number of rotatable bonds is 6. The second-order valence-electron chi connectivity index (χ2n) is 3.61. The molecule has 1 N–H and O–H groups in total. The Labute approximate surface area is 105 Å². The average molecular weight is 274 g/mol. The lowest BCUT2D eigenvalue weighted by atomic mass is 10.3. The molecule has 0 aliphatic rings. The summed E-state index contributed by atoms with van der Waals surface area (Å²) in [4.78, 5) is 10.1. The third-order valence-corrected chi connectivity index (χ3v) is 3.28. The minimum absolute atomic E-state index is 0.0580. The molecule has 0 amide bonds. The molecule has 0 heterocycles. The Morgan fingerprint density at radius 1 is 1.44 bits per heavy atom. The molecule has 0 aliphatic heterocycles. The fourth-order valence-electron chi connectivity index (χ4n) is 1.26. The molecule has 0 unspecified atom stereocenters. The van der Waals surface area contributed by atoms with Crippen molar-refractivity contribution in [3.8, 4) is 5.75 Å². The van der Waals surface area contributed by atoms with Crippen molar-refractivity contribution in [3.05, 3.63) is 28.3 Å². The van der Waals surface area contributed by atoms with Crippen LogP contribution < -0.4 is 10.1 Å². The van der Waals surface area contributed by atoms with Crippen LogP contribution in [-0.2, 0) is 9.84 Å². The van der Waals surface area contributed by atoms with Crippen LogP contribution in [-0.4, -0.2) is 39.8 Å². The quantitative estimate of drug-likeness (QED) is 0.463. The first kappa shape index (κ1) is 14.4. The van der Waals surface area contributed by atoms with Gasteiger partial charge in [0.2, 0.25) is 0 Å². The number of ether oxygens (including phenoxy) is 1. The summed E-state index contributed by atoms with van der Waals surface area (Å²) in [5, 5.41) is 13.7. The van der Waals surface area contributed by atoms with Crippen molar-refractivity contribution in [2.45, 2.75) is 4.90 Å². The van der Waals surface area contributed by atoms with E-state index in [9.17, 15) is 18.5 Å². The Bertz CT molecular complexity index is 541. The summed E-state index contributed by atoms with van der Waals surface area (Å²) < 4.78 is 27.8. The van der Waals surface area contributed by atoms with Crippen molar-refractivity contribution in [1.82, 2.24) is 5.32 Å². The van der Waals surface area contributed by atoms with Gasteiger partial charge in [0.05, 0.1) is 9.82 Å². The molecule has 18 heavy (non-hydrogen) atoms. The van der Waals surface area contributed by atoms with Gasteiger partial charge in [-0.05, 0) is 19.2 Å². The van der Waals surface area contributed by atoms with Crippen LogP contribution in [0.4, 0.5) is 5.69 Å². The van der Waals surface area contributed by atoms with Crippen molar-refractivity contribution in [3.63, 3.8) is 0 Å². The second-order valence-corrected chi connectivity index (χ2v) is 5.63. The van der Waals surface area contributed by atoms with Gasteiger partial charge in [-0.1, -0.05) is 0 Å². The summed E-state index contributed by atoms with van der Waals surface area (Å²) in [7, 11) is -1.75.